The Kier molecular flexibility index (Phi) is 8.74. The first kappa shape index (κ1) is 17.9. The van der Waals surface area contributed by atoms with Crippen LogP contribution in [0.2, 0.25) is 0 Å². The van der Waals surface area contributed by atoms with E-state index in [0.29, 0.717) is 18.0 Å². The van der Waals surface area contributed by atoms with Crippen LogP contribution in [0.3, 0.4) is 0 Å². The van der Waals surface area contributed by atoms with Crippen LogP contribution in [-0.4, -0.2) is 41.8 Å². The third-order valence-corrected chi connectivity index (χ3v) is 5.26. The maximum absolute atomic E-state index is 9.46. The third kappa shape index (κ3) is 4.71. The zero-order chi connectivity index (χ0) is 15.0. The number of aliphatic hydroxyl groups excluding tert-OH is 1. The average molecular weight is 284 g/mol. The third-order valence-electron chi connectivity index (χ3n) is 5.26. The van der Waals surface area contributed by atoms with Gasteiger partial charge in [0.2, 0.25) is 0 Å². The fourth-order valence-corrected chi connectivity index (χ4v) is 4.14. The van der Waals surface area contributed by atoms with E-state index in [1.807, 2.05) is 0 Å². The summed E-state index contributed by atoms with van der Waals surface area (Å²) in [5.74, 6) is 1.48. The fourth-order valence-electron chi connectivity index (χ4n) is 4.14. The molecule has 3 unspecified atom stereocenters. The molecular weight excluding hydrogens is 248 g/mol. The first-order valence-electron chi connectivity index (χ1n) is 8.78. The summed E-state index contributed by atoms with van der Waals surface area (Å²) in [6.45, 7) is 8.70. The molecule has 3 nitrogen and oxygen atoms in total. The largest absolute Gasteiger partial charge is 0.395 e. The molecule has 0 radical (unpaired) electrons. The van der Waals surface area contributed by atoms with Gasteiger partial charge in [-0.15, -0.1) is 0 Å². The van der Waals surface area contributed by atoms with Crippen LogP contribution >= 0.6 is 0 Å². The maximum atomic E-state index is 9.46. The van der Waals surface area contributed by atoms with Crippen molar-refractivity contribution in [2.75, 3.05) is 19.7 Å². The van der Waals surface area contributed by atoms with Crippen LogP contribution in [-0.2, 0) is 0 Å². The smallest absolute Gasteiger partial charge is 0.0558 e. The van der Waals surface area contributed by atoms with Crippen molar-refractivity contribution >= 4 is 0 Å². The second-order valence-corrected chi connectivity index (χ2v) is 6.46. The predicted octanol–water partition coefficient (Wildman–Crippen LogP) is 3.01. The summed E-state index contributed by atoms with van der Waals surface area (Å²) in [4.78, 5) is 2.58. The lowest BCUT2D eigenvalue weighted by molar-refractivity contribution is 0.0285. The van der Waals surface area contributed by atoms with Gasteiger partial charge in [-0.05, 0) is 44.1 Å². The summed E-state index contributed by atoms with van der Waals surface area (Å²) in [5, 5.41) is 9.46. The summed E-state index contributed by atoms with van der Waals surface area (Å²) in [6.07, 6.45) is 8.88. The van der Waals surface area contributed by atoms with Gasteiger partial charge in [0.1, 0.15) is 0 Å². The Morgan fingerprint density at radius 2 is 1.90 bits per heavy atom. The Balaban J connectivity index is 2.80. The minimum absolute atomic E-state index is 0.267. The van der Waals surface area contributed by atoms with E-state index in [0.717, 1.165) is 19.0 Å². The molecule has 3 atom stereocenters. The number of hydrogen-bond acceptors (Lipinski definition) is 3. The second kappa shape index (κ2) is 9.75. The van der Waals surface area contributed by atoms with E-state index in [9.17, 15) is 5.11 Å². The minimum Gasteiger partial charge on any atom is -0.395 e. The van der Waals surface area contributed by atoms with Crippen LogP contribution < -0.4 is 5.73 Å². The van der Waals surface area contributed by atoms with Gasteiger partial charge in [0.15, 0.2) is 0 Å². The molecule has 120 valence electrons. The van der Waals surface area contributed by atoms with Gasteiger partial charge in [0, 0.05) is 18.6 Å². The molecule has 0 spiro atoms. The highest BCUT2D eigenvalue weighted by Gasteiger charge is 2.35. The van der Waals surface area contributed by atoms with E-state index in [2.05, 4.69) is 25.7 Å². The number of nitrogens with zero attached hydrogens (tertiary/aromatic N) is 1. The summed E-state index contributed by atoms with van der Waals surface area (Å²) in [6, 6.07) is 1.18. The van der Waals surface area contributed by atoms with E-state index >= 15 is 0 Å². The van der Waals surface area contributed by atoms with Crippen LogP contribution in [0.4, 0.5) is 0 Å². The van der Waals surface area contributed by atoms with Crippen molar-refractivity contribution in [3.8, 4) is 0 Å². The van der Waals surface area contributed by atoms with Crippen molar-refractivity contribution in [2.24, 2.45) is 17.6 Å². The van der Waals surface area contributed by atoms with Crippen LogP contribution in [0, 0.1) is 11.8 Å². The summed E-state index contributed by atoms with van der Waals surface area (Å²) < 4.78 is 0. The van der Waals surface area contributed by atoms with Gasteiger partial charge < -0.3 is 10.8 Å². The number of aliphatic hydroxyl groups is 1. The molecule has 0 bridgehead atoms. The standard InChI is InChI=1S/C17H36N2O/c1-4-7-14-8-9-15(13-18)17(12-14)19(10-11-20)16(5-2)6-3/h14-17,20H,4-13,18H2,1-3H3. The molecule has 1 saturated carbocycles. The lowest BCUT2D eigenvalue weighted by atomic mass is 9.75. The Hall–Kier alpha value is -0.120. The average Bonchev–Trinajstić information content (AvgIpc) is 2.48. The van der Waals surface area contributed by atoms with Gasteiger partial charge in [0.05, 0.1) is 6.61 Å². The van der Waals surface area contributed by atoms with Crippen LogP contribution in [0.1, 0.15) is 65.7 Å². The molecule has 1 rings (SSSR count). The SMILES string of the molecule is CCCC1CCC(CN)C(N(CCO)C(CC)CC)C1. The molecule has 1 fully saturated rings. The van der Waals surface area contributed by atoms with Gasteiger partial charge in [-0.2, -0.15) is 0 Å². The summed E-state index contributed by atoms with van der Waals surface area (Å²) in [5.41, 5.74) is 6.04. The number of hydrogen-bond donors (Lipinski definition) is 2. The van der Waals surface area contributed by atoms with E-state index in [1.54, 1.807) is 0 Å². The van der Waals surface area contributed by atoms with Crippen molar-refractivity contribution in [3.05, 3.63) is 0 Å². The minimum atomic E-state index is 0.267. The van der Waals surface area contributed by atoms with Crippen molar-refractivity contribution in [3.63, 3.8) is 0 Å². The predicted molar refractivity (Wildman–Crippen MR) is 86.7 cm³/mol. The Labute approximate surface area is 125 Å². The van der Waals surface area contributed by atoms with Crippen molar-refractivity contribution < 1.29 is 5.11 Å². The molecule has 1 aliphatic carbocycles. The van der Waals surface area contributed by atoms with Gasteiger partial charge in [-0.3, -0.25) is 4.90 Å². The van der Waals surface area contributed by atoms with Gasteiger partial charge >= 0.3 is 0 Å². The van der Waals surface area contributed by atoms with Crippen molar-refractivity contribution in [1.82, 2.24) is 4.90 Å². The van der Waals surface area contributed by atoms with Crippen molar-refractivity contribution in [1.29, 1.82) is 0 Å². The molecule has 0 saturated heterocycles. The quantitative estimate of drug-likeness (QED) is 0.684. The molecule has 0 aliphatic heterocycles. The van der Waals surface area contributed by atoms with Gasteiger partial charge in [-0.25, -0.2) is 0 Å². The molecule has 0 amide bonds. The Morgan fingerprint density at radius 1 is 1.20 bits per heavy atom. The van der Waals surface area contributed by atoms with Gasteiger partial charge in [-0.1, -0.05) is 40.0 Å². The lowest BCUT2D eigenvalue weighted by Gasteiger charge is -2.45. The molecule has 0 aromatic heterocycles. The first-order chi connectivity index (χ1) is 9.71. The highest BCUT2D eigenvalue weighted by Crippen LogP contribution is 2.35. The van der Waals surface area contributed by atoms with E-state index < -0.39 is 0 Å². The first-order valence-corrected chi connectivity index (χ1v) is 8.78. The second-order valence-electron chi connectivity index (χ2n) is 6.46. The Morgan fingerprint density at radius 3 is 2.40 bits per heavy atom. The fraction of sp³-hybridized carbons (Fsp3) is 1.00. The van der Waals surface area contributed by atoms with Crippen LogP contribution in [0.15, 0.2) is 0 Å². The molecule has 3 heteroatoms. The molecule has 20 heavy (non-hydrogen) atoms. The highest BCUT2D eigenvalue weighted by atomic mass is 16.3. The molecular formula is C17H36N2O. The monoisotopic (exact) mass is 284 g/mol. The Bertz CT molecular complexity index is 243. The highest BCUT2D eigenvalue weighted by molar-refractivity contribution is 4.89. The van der Waals surface area contributed by atoms with E-state index in [-0.39, 0.29) is 6.61 Å². The zero-order valence-electron chi connectivity index (χ0n) is 13.9. The molecule has 0 heterocycles. The number of nitrogens with two attached hydrogens (primary N) is 1. The molecule has 1 aliphatic rings. The molecule has 3 N–H and O–H groups in total. The zero-order valence-corrected chi connectivity index (χ0v) is 13.9. The van der Waals surface area contributed by atoms with E-state index in [1.165, 1.54) is 44.9 Å². The number of rotatable bonds is 9. The van der Waals surface area contributed by atoms with Crippen molar-refractivity contribution in [2.45, 2.75) is 77.8 Å². The molecule has 0 aromatic rings. The van der Waals surface area contributed by atoms with Gasteiger partial charge in [0.25, 0.3) is 0 Å². The summed E-state index contributed by atoms with van der Waals surface area (Å²) in [7, 11) is 0. The molecule has 0 aromatic carbocycles. The van der Waals surface area contributed by atoms with Crippen LogP contribution in [0.25, 0.3) is 0 Å². The summed E-state index contributed by atoms with van der Waals surface area (Å²) >= 11 is 0. The van der Waals surface area contributed by atoms with Crippen LogP contribution in [0.5, 0.6) is 0 Å². The maximum Gasteiger partial charge on any atom is 0.0558 e. The normalized spacial score (nSPS) is 27.4. The lowest BCUT2D eigenvalue weighted by Crippen LogP contribution is -2.52. The van der Waals surface area contributed by atoms with E-state index in [4.69, 9.17) is 5.73 Å². The topological polar surface area (TPSA) is 49.5 Å².